The second-order valence-electron chi connectivity index (χ2n) is 7.30. The van der Waals surface area contributed by atoms with E-state index in [0.717, 1.165) is 16.8 Å². The van der Waals surface area contributed by atoms with Crippen molar-refractivity contribution in [2.75, 3.05) is 31.0 Å². The molecular weight excluding hydrogens is 392 g/mol. The number of hydrogen-bond donors (Lipinski definition) is 1. The molecule has 1 atom stereocenters. The number of nitrogens with zero attached hydrogens (tertiary/aromatic N) is 1. The van der Waals surface area contributed by atoms with Crippen LogP contribution < -0.4 is 19.7 Å². The predicted octanol–water partition coefficient (Wildman–Crippen LogP) is 4.36. The van der Waals surface area contributed by atoms with Crippen LogP contribution in [0, 0.1) is 5.92 Å². The van der Waals surface area contributed by atoms with E-state index in [4.69, 9.17) is 9.47 Å². The SMILES string of the molecule is COc1ccc(NC(=O)C2CCN(c3ccc(-c4ccccc4)cc3)C2=O)cc1OC. The van der Waals surface area contributed by atoms with Crippen molar-refractivity contribution >= 4 is 23.2 Å². The van der Waals surface area contributed by atoms with Gasteiger partial charge in [0.2, 0.25) is 11.8 Å². The van der Waals surface area contributed by atoms with E-state index in [1.165, 1.54) is 7.11 Å². The molecule has 0 aliphatic carbocycles. The van der Waals surface area contributed by atoms with Gasteiger partial charge in [-0.2, -0.15) is 0 Å². The van der Waals surface area contributed by atoms with Gasteiger partial charge in [-0.25, -0.2) is 0 Å². The lowest BCUT2D eigenvalue weighted by Gasteiger charge is -2.17. The van der Waals surface area contributed by atoms with E-state index in [1.54, 1.807) is 30.2 Å². The monoisotopic (exact) mass is 416 g/mol. The van der Waals surface area contributed by atoms with Crippen LogP contribution in [0.2, 0.25) is 0 Å². The van der Waals surface area contributed by atoms with Crippen LogP contribution in [-0.4, -0.2) is 32.6 Å². The van der Waals surface area contributed by atoms with Gasteiger partial charge in [0, 0.05) is 24.0 Å². The van der Waals surface area contributed by atoms with Gasteiger partial charge in [0.15, 0.2) is 11.5 Å². The maximum Gasteiger partial charge on any atom is 0.239 e. The van der Waals surface area contributed by atoms with Crippen LogP contribution in [0.4, 0.5) is 11.4 Å². The summed E-state index contributed by atoms with van der Waals surface area (Å²) in [4.78, 5) is 27.4. The molecule has 6 nitrogen and oxygen atoms in total. The Labute approximate surface area is 181 Å². The number of benzene rings is 3. The van der Waals surface area contributed by atoms with Crippen LogP contribution in [-0.2, 0) is 9.59 Å². The largest absolute Gasteiger partial charge is 0.493 e. The highest BCUT2D eigenvalue weighted by molar-refractivity contribution is 6.13. The fourth-order valence-electron chi connectivity index (χ4n) is 3.79. The molecule has 2 amide bonds. The highest BCUT2D eigenvalue weighted by Crippen LogP contribution is 2.31. The van der Waals surface area contributed by atoms with Crippen molar-refractivity contribution in [2.45, 2.75) is 6.42 Å². The summed E-state index contributed by atoms with van der Waals surface area (Å²) in [5.41, 5.74) is 3.56. The van der Waals surface area contributed by atoms with Gasteiger partial charge in [-0.15, -0.1) is 0 Å². The van der Waals surface area contributed by atoms with Gasteiger partial charge in [-0.05, 0) is 41.8 Å². The van der Waals surface area contributed by atoms with Crippen LogP contribution in [0.1, 0.15) is 6.42 Å². The molecule has 3 aromatic rings. The number of nitrogens with one attached hydrogen (secondary N) is 1. The van der Waals surface area contributed by atoms with Crippen molar-refractivity contribution in [3.05, 3.63) is 72.8 Å². The standard InChI is InChI=1S/C25H24N2O4/c1-30-22-13-10-19(16-23(22)31-2)26-24(28)21-14-15-27(25(21)29)20-11-8-18(9-12-20)17-6-4-3-5-7-17/h3-13,16,21H,14-15H2,1-2H3,(H,26,28). The lowest BCUT2D eigenvalue weighted by molar-refractivity contribution is -0.129. The molecule has 1 aliphatic heterocycles. The van der Waals surface area contributed by atoms with Gasteiger partial charge >= 0.3 is 0 Å². The van der Waals surface area contributed by atoms with Crippen molar-refractivity contribution < 1.29 is 19.1 Å². The first kappa shape index (κ1) is 20.5. The number of methoxy groups -OCH3 is 2. The number of rotatable bonds is 6. The Kier molecular flexibility index (Phi) is 5.89. The highest BCUT2D eigenvalue weighted by atomic mass is 16.5. The van der Waals surface area contributed by atoms with Crippen LogP contribution >= 0.6 is 0 Å². The first-order chi connectivity index (χ1) is 15.1. The van der Waals surface area contributed by atoms with Crippen molar-refractivity contribution in [1.82, 2.24) is 0 Å². The molecule has 4 rings (SSSR count). The zero-order valence-electron chi connectivity index (χ0n) is 17.5. The number of carbonyl (C=O) groups is 2. The summed E-state index contributed by atoms with van der Waals surface area (Å²) in [7, 11) is 3.08. The molecule has 1 saturated heterocycles. The molecule has 6 heteroatoms. The maximum absolute atomic E-state index is 12.9. The third-order valence-corrected chi connectivity index (χ3v) is 5.46. The summed E-state index contributed by atoms with van der Waals surface area (Å²) < 4.78 is 10.5. The molecular formula is C25H24N2O4. The van der Waals surface area contributed by atoms with Gasteiger partial charge in [0.1, 0.15) is 5.92 Å². The Hall–Kier alpha value is -3.80. The Morgan fingerprint density at radius 3 is 2.26 bits per heavy atom. The van der Waals surface area contributed by atoms with E-state index in [-0.39, 0.29) is 11.8 Å². The molecule has 1 fully saturated rings. The van der Waals surface area contributed by atoms with Crippen LogP contribution in [0.25, 0.3) is 11.1 Å². The van der Waals surface area contributed by atoms with Crippen molar-refractivity contribution in [1.29, 1.82) is 0 Å². The molecule has 0 bridgehead atoms. The molecule has 31 heavy (non-hydrogen) atoms. The summed E-state index contributed by atoms with van der Waals surface area (Å²) in [5.74, 6) is -0.145. The van der Waals surface area contributed by atoms with Crippen molar-refractivity contribution in [2.24, 2.45) is 5.92 Å². The molecule has 158 valence electrons. The number of carbonyl (C=O) groups excluding carboxylic acids is 2. The van der Waals surface area contributed by atoms with E-state index in [0.29, 0.717) is 30.2 Å². The molecule has 1 unspecified atom stereocenters. The summed E-state index contributed by atoms with van der Waals surface area (Å²) in [6.07, 6.45) is 0.471. The number of amides is 2. The van der Waals surface area contributed by atoms with E-state index in [2.05, 4.69) is 5.32 Å². The fourth-order valence-corrected chi connectivity index (χ4v) is 3.79. The van der Waals surface area contributed by atoms with Gasteiger partial charge in [0.05, 0.1) is 14.2 Å². The lowest BCUT2D eigenvalue weighted by Crippen LogP contribution is -2.33. The molecule has 1 aliphatic rings. The number of anilines is 2. The van der Waals surface area contributed by atoms with Crippen molar-refractivity contribution in [3.8, 4) is 22.6 Å². The van der Waals surface area contributed by atoms with Gasteiger partial charge in [0.25, 0.3) is 0 Å². The lowest BCUT2D eigenvalue weighted by atomic mass is 10.1. The van der Waals surface area contributed by atoms with Crippen molar-refractivity contribution in [3.63, 3.8) is 0 Å². The Morgan fingerprint density at radius 2 is 1.58 bits per heavy atom. The highest BCUT2D eigenvalue weighted by Gasteiger charge is 2.37. The average Bonchev–Trinajstić information content (AvgIpc) is 3.21. The summed E-state index contributed by atoms with van der Waals surface area (Å²) >= 11 is 0. The predicted molar refractivity (Wildman–Crippen MR) is 121 cm³/mol. The quantitative estimate of drug-likeness (QED) is 0.606. The number of ether oxygens (including phenoxy) is 2. The van der Waals surface area contributed by atoms with E-state index >= 15 is 0 Å². The van der Waals surface area contributed by atoms with E-state index in [9.17, 15) is 9.59 Å². The zero-order chi connectivity index (χ0) is 21.8. The molecule has 0 aromatic heterocycles. The minimum atomic E-state index is -0.720. The summed E-state index contributed by atoms with van der Waals surface area (Å²) in [5, 5.41) is 2.82. The number of hydrogen-bond acceptors (Lipinski definition) is 4. The van der Waals surface area contributed by atoms with E-state index in [1.807, 2.05) is 54.6 Å². The molecule has 0 saturated carbocycles. The average molecular weight is 416 g/mol. The molecule has 1 heterocycles. The van der Waals surface area contributed by atoms with Crippen LogP contribution in [0.15, 0.2) is 72.8 Å². The normalized spacial score (nSPS) is 15.6. The Balaban J connectivity index is 1.44. The van der Waals surface area contributed by atoms with Crippen LogP contribution in [0.5, 0.6) is 11.5 Å². The third-order valence-electron chi connectivity index (χ3n) is 5.46. The molecule has 0 spiro atoms. The van der Waals surface area contributed by atoms with Gasteiger partial charge in [-0.3, -0.25) is 9.59 Å². The van der Waals surface area contributed by atoms with E-state index < -0.39 is 5.92 Å². The minimum Gasteiger partial charge on any atom is -0.493 e. The molecule has 0 radical (unpaired) electrons. The first-order valence-corrected chi connectivity index (χ1v) is 10.1. The smallest absolute Gasteiger partial charge is 0.239 e. The topological polar surface area (TPSA) is 67.9 Å². The van der Waals surface area contributed by atoms with Gasteiger partial charge < -0.3 is 19.7 Å². The minimum absolute atomic E-state index is 0.189. The van der Waals surface area contributed by atoms with Gasteiger partial charge in [-0.1, -0.05) is 42.5 Å². The second kappa shape index (κ2) is 8.92. The summed E-state index contributed by atoms with van der Waals surface area (Å²) in [6, 6.07) is 23.0. The molecule has 3 aromatic carbocycles. The molecule has 1 N–H and O–H groups in total. The van der Waals surface area contributed by atoms with Crippen LogP contribution in [0.3, 0.4) is 0 Å². The fraction of sp³-hybridized carbons (Fsp3) is 0.200. The Morgan fingerprint density at radius 1 is 0.903 bits per heavy atom. The third kappa shape index (κ3) is 4.23. The zero-order valence-corrected chi connectivity index (χ0v) is 17.5. The second-order valence-corrected chi connectivity index (χ2v) is 7.30. The Bertz CT molecular complexity index is 1080. The summed E-state index contributed by atoms with van der Waals surface area (Å²) in [6.45, 7) is 0.507. The maximum atomic E-state index is 12.9. The first-order valence-electron chi connectivity index (χ1n) is 10.1.